The number of halogens is 1. The predicted molar refractivity (Wildman–Crippen MR) is 78.6 cm³/mol. The fourth-order valence-electron chi connectivity index (χ4n) is 1.71. The fourth-order valence-corrected chi connectivity index (χ4v) is 1.71. The van der Waals surface area contributed by atoms with Gasteiger partial charge in [-0.25, -0.2) is 4.39 Å². The van der Waals surface area contributed by atoms with Crippen LogP contribution in [0.2, 0.25) is 0 Å². The second kappa shape index (κ2) is 8.59. The van der Waals surface area contributed by atoms with E-state index in [1.54, 1.807) is 27.0 Å². The first-order chi connectivity index (χ1) is 9.95. The van der Waals surface area contributed by atoms with Crippen molar-refractivity contribution >= 4 is 5.91 Å². The molecule has 0 saturated carbocycles. The first kappa shape index (κ1) is 17.4. The number of hydrogen-bond acceptors (Lipinski definition) is 4. The molecule has 0 aliphatic rings. The largest absolute Gasteiger partial charge is 0.478 e. The Morgan fingerprint density at radius 2 is 2.14 bits per heavy atom. The molecule has 1 rings (SSSR count). The molecule has 0 heterocycles. The summed E-state index contributed by atoms with van der Waals surface area (Å²) in [5, 5.41) is 2.70. The molecule has 1 aromatic carbocycles. The molecule has 5 nitrogen and oxygen atoms in total. The van der Waals surface area contributed by atoms with Crippen molar-refractivity contribution in [3.63, 3.8) is 0 Å². The molecule has 3 N–H and O–H groups in total. The van der Waals surface area contributed by atoms with Gasteiger partial charge in [-0.2, -0.15) is 0 Å². The highest BCUT2D eigenvalue weighted by atomic mass is 19.1. The van der Waals surface area contributed by atoms with E-state index in [-0.39, 0.29) is 17.7 Å². The third kappa shape index (κ3) is 5.69. The van der Waals surface area contributed by atoms with Crippen molar-refractivity contribution in [1.82, 2.24) is 5.32 Å². The number of rotatable bonds is 8. The molecule has 6 heteroatoms. The summed E-state index contributed by atoms with van der Waals surface area (Å²) in [5.41, 5.74) is 6.36. The molecule has 1 unspecified atom stereocenters. The first-order valence-electron chi connectivity index (χ1n) is 6.94. The summed E-state index contributed by atoms with van der Waals surface area (Å²) in [7, 11) is 1.60. The van der Waals surface area contributed by atoms with Gasteiger partial charge in [0.1, 0.15) is 0 Å². The number of methoxy groups -OCH3 is 1. The lowest BCUT2D eigenvalue weighted by Gasteiger charge is -2.16. The van der Waals surface area contributed by atoms with E-state index >= 15 is 0 Å². The van der Waals surface area contributed by atoms with Crippen molar-refractivity contribution in [2.45, 2.75) is 32.4 Å². The second-order valence-electron chi connectivity index (χ2n) is 4.88. The highest BCUT2D eigenvalue weighted by molar-refractivity contribution is 5.80. The van der Waals surface area contributed by atoms with Gasteiger partial charge in [0.2, 0.25) is 0 Å². The third-order valence-corrected chi connectivity index (χ3v) is 2.98. The summed E-state index contributed by atoms with van der Waals surface area (Å²) in [6.45, 7) is 4.41. The number of nitrogens with one attached hydrogen (secondary N) is 1. The number of nitrogens with two attached hydrogens (primary N) is 1. The van der Waals surface area contributed by atoms with Gasteiger partial charge in [-0.3, -0.25) is 4.79 Å². The van der Waals surface area contributed by atoms with E-state index in [0.717, 1.165) is 0 Å². The molecule has 21 heavy (non-hydrogen) atoms. The van der Waals surface area contributed by atoms with Crippen LogP contribution >= 0.6 is 0 Å². The summed E-state index contributed by atoms with van der Waals surface area (Å²) in [6, 6.07) is 4.24. The Labute approximate surface area is 124 Å². The molecule has 0 aliphatic heterocycles. The molecular formula is C15H23FN2O3. The monoisotopic (exact) mass is 298 g/mol. The van der Waals surface area contributed by atoms with Gasteiger partial charge < -0.3 is 20.5 Å². The summed E-state index contributed by atoms with van der Waals surface area (Å²) >= 11 is 0. The third-order valence-electron chi connectivity index (χ3n) is 2.98. The summed E-state index contributed by atoms with van der Waals surface area (Å²) in [6.07, 6.45) is -0.0601. The minimum absolute atomic E-state index is 0.0407. The molecule has 0 saturated heterocycles. The summed E-state index contributed by atoms with van der Waals surface area (Å²) < 4.78 is 24.1. The van der Waals surface area contributed by atoms with Crippen molar-refractivity contribution in [2.24, 2.45) is 5.73 Å². The highest BCUT2D eigenvalue weighted by Crippen LogP contribution is 2.22. The average molecular weight is 298 g/mol. The van der Waals surface area contributed by atoms with Gasteiger partial charge in [0.05, 0.1) is 0 Å². The minimum atomic E-state index is -0.775. The fraction of sp³-hybridized carbons (Fsp3) is 0.533. The van der Waals surface area contributed by atoms with Crippen LogP contribution in [0.3, 0.4) is 0 Å². The smallest absolute Gasteiger partial charge is 0.260 e. The average Bonchev–Trinajstić information content (AvgIpc) is 2.45. The van der Waals surface area contributed by atoms with Crippen LogP contribution in [-0.4, -0.2) is 32.3 Å². The van der Waals surface area contributed by atoms with Gasteiger partial charge >= 0.3 is 0 Å². The Kier molecular flexibility index (Phi) is 7.11. The lowest BCUT2D eigenvalue weighted by molar-refractivity contribution is -0.127. The molecule has 0 aromatic heterocycles. The van der Waals surface area contributed by atoms with Crippen LogP contribution < -0.4 is 15.8 Å². The van der Waals surface area contributed by atoms with Gasteiger partial charge in [-0.05, 0) is 38.0 Å². The lowest BCUT2D eigenvalue weighted by Crippen LogP contribution is -2.37. The topological polar surface area (TPSA) is 73.6 Å². The van der Waals surface area contributed by atoms with Gasteiger partial charge in [0.15, 0.2) is 17.7 Å². The molecule has 0 aliphatic carbocycles. The van der Waals surface area contributed by atoms with Crippen LogP contribution in [0.5, 0.6) is 5.75 Å². The summed E-state index contributed by atoms with van der Waals surface area (Å²) in [4.78, 5) is 11.8. The molecule has 2 atom stereocenters. The van der Waals surface area contributed by atoms with Crippen LogP contribution in [0.4, 0.5) is 4.39 Å². The predicted octanol–water partition coefficient (Wildman–Crippen LogP) is 1.77. The van der Waals surface area contributed by atoms with Crippen LogP contribution in [-0.2, 0) is 9.53 Å². The summed E-state index contributed by atoms with van der Waals surface area (Å²) in [5.74, 6) is -0.774. The van der Waals surface area contributed by atoms with Gasteiger partial charge in [-0.15, -0.1) is 0 Å². The van der Waals surface area contributed by atoms with Gasteiger partial charge in [0.25, 0.3) is 5.91 Å². The quantitative estimate of drug-likeness (QED) is 0.717. The van der Waals surface area contributed by atoms with E-state index in [9.17, 15) is 9.18 Å². The van der Waals surface area contributed by atoms with E-state index < -0.39 is 11.9 Å². The van der Waals surface area contributed by atoms with E-state index in [1.165, 1.54) is 12.1 Å². The van der Waals surface area contributed by atoms with Crippen LogP contribution in [0.15, 0.2) is 18.2 Å². The van der Waals surface area contributed by atoms with Crippen molar-refractivity contribution in [2.75, 3.05) is 20.3 Å². The maximum absolute atomic E-state index is 13.9. The number of carbonyl (C=O) groups excluding carboxylic acids is 1. The molecule has 0 radical (unpaired) electrons. The molecule has 0 fully saturated rings. The lowest BCUT2D eigenvalue weighted by atomic mass is 10.1. The van der Waals surface area contributed by atoms with Crippen molar-refractivity contribution in [3.05, 3.63) is 29.6 Å². The number of ether oxygens (including phenoxy) is 2. The number of carbonyl (C=O) groups is 1. The zero-order chi connectivity index (χ0) is 15.8. The SMILES string of the molecule is COCCCNC(=O)C(C)Oc1ccc([C@H](C)N)cc1F. The molecular weight excluding hydrogens is 275 g/mol. The van der Waals surface area contributed by atoms with E-state index in [1.807, 2.05) is 0 Å². The van der Waals surface area contributed by atoms with Gasteiger partial charge in [-0.1, -0.05) is 6.07 Å². The molecule has 1 amide bonds. The van der Waals surface area contributed by atoms with Crippen molar-refractivity contribution < 1.29 is 18.7 Å². The molecule has 1 aromatic rings. The zero-order valence-corrected chi connectivity index (χ0v) is 12.7. The van der Waals surface area contributed by atoms with Crippen molar-refractivity contribution in [3.8, 4) is 5.75 Å². The highest BCUT2D eigenvalue weighted by Gasteiger charge is 2.16. The maximum atomic E-state index is 13.9. The Morgan fingerprint density at radius 3 is 2.71 bits per heavy atom. The second-order valence-corrected chi connectivity index (χ2v) is 4.88. The standard InChI is InChI=1S/C15H23FN2O3/c1-10(17)12-5-6-14(13(16)9-12)21-11(2)15(19)18-7-4-8-20-3/h5-6,9-11H,4,7-8,17H2,1-3H3,(H,18,19)/t10-,11?/m0/s1. The minimum Gasteiger partial charge on any atom is -0.478 e. The van der Waals surface area contributed by atoms with Crippen molar-refractivity contribution in [1.29, 1.82) is 0 Å². The Balaban J connectivity index is 2.54. The van der Waals surface area contributed by atoms with Crippen LogP contribution in [0, 0.1) is 5.82 Å². The van der Waals surface area contributed by atoms with E-state index in [2.05, 4.69) is 5.32 Å². The Morgan fingerprint density at radius 1 is 1.43 bits per heavy atom. The normalized spacial score (nSPS) is 13.6. The zero-order valence-electron chi connectivity index (χ0n) is 12.7. The van der Waals surface area contributed by atoms with Crippen LogP contribution in [0.25, 0.3) is 0 Å². The number of hydrogen-bond donors (Lipinski definition) is 2. The Bertz CT molecular complexity index is 466. The first-order valence-corrected chi connectivity index (χ1v) is 6.94. The number of amides is 1. The molecule has 0 spiro atoms. The molecule has 118 valence electrons. The number of benzene rings is 1. The molecule has 0 bridgehead atoms. The van der Waals surface area contributed by atoms with Gasteiger partial charge in [0, 0.05) is 26.3 Å². The van der Waals surface area contributed by atoms with E-state index in [0.29, 0.717) is 25.1 Å². The van der Waals surface area contributed by atoms with Crippen LogP contribution in [0.1, 0.15) is 31.9 Å². The Hall–Kier alpha value is -1.66. The van der Waals surface area contributed by atoms with E-state index in [4.69, 9.17) is 15.2 Å². The maximum Gasteiger partial charge on any atom is 0.260 e.